The van der Waals surface area contributed by atoms with Crippen molar-refractivity contribution < 1.29 is 131 Å². The first-order valence-corrected chi connectivity index (χ1v) is 4.87. The molecule has 6 nitrogen and oxygen atoms in total. The molecule has 0 aromatic rings. The van der Waals surface area contributed by atoms with Crippen molar-refractivity contribution in [2.45, 2.75) is 19.3 Å². The van der Waals surface area contributed by atoms with Crippen LogP contribution in [0, 0.1) is 0 Å². The van der Waals surface area contributed by atoms with Crippen LogP contribution in [0.5, 0.6) is 0 Å². The predicted molar refractivity (Wildman–Crippen MR) is 33.8 cm³/mol. The van der Waals surface area contributed by atoms with Crippen molar-refractivity contribution in [2.24, 2.45) is 0 Å². The maximum absolute atomic E-state index is 10.0. The van der Waals surface area contributed by atoms with Crippen LogP contribution in [-0.2, 0) is 18.6 Å². The van der Waals surface area contributed by atoms with Crippen LogP contribution in [0.3, 0.4) is 0 Å². The topological polar surface area (TPSA) is 90.9 Å². The van der Waals surface area contributed by atoms with E-state index in [1.165, 1.54) is 0 Å². The summed E-state index contributed by atoms with van der Waals surface area (Å²) in [5, 5.41) is 0. The van der Waals surface area contributed by atoms with Crippen LogP contribution < -0.4 is 113 Å². The van der Waals surface area contributed by atoms with Gasteiger partial charge in [-0.15, -0.1) is 0 Å². The first-order chi connectivity index (χ1) is 5.47. The van der Waals surface area contributed by atoms with Gasteiger partial charge in [0.2, 0.25) is 0 Å². The zero-order valence-corrected chi connectivity index (χ0v) is 15.6. The molecule has 1 aliphatic rings. The van der Waals surface area contributed by atoms with Crippen LogP contribution in [0.2, 0.25) is 0 Å². The maximum atomic E-state index is 10.0. The fourth-order valence-corrected chi connectivity index (χ4v) is 1.20. The molecule has 0 amide bonds. The van der Waals surface area contributed by atoms with Gasteiger partial charge in [-0.1, -0.05) is 0 Å². The zero-order valence-electron chi connectivity index (χ0n) is 8.47. The second-order valence-corrected chi connectivity index (χ2v) is 3.55. The molecule has 2 atom stereocenters. The molecule has 1 heterocycles. The molecule has 0 bridgehead atoms. The Bertz CT molecular complexity index is 197. The van der Waals surface area contributed by atoms with E-state index in [1.54, 1.807) is 6.92 Å². The smallest absolute Gasteiger partial charge is 0.790 e. The quantitative estimate of drug-likeness (QED) is 0.375. The maximum Gasteiger partial charge on any atom is 1.00 e. The minimum Gasteiger partial charge on any atom is -0.790 e. The van der Waals surface area contributed by atoms with Crippen molar-refractivity contribution in [1.29, 1.82) is 0 Å². The Labute approximate surface area is 168 Å². The Hall–Kier alpha value is 3.30. The SMILES string of the molecule is CC1OCC(COP(=O)([O-])[O-])O1.[K+].[K+]. The Morgan fingerprint density at radius 1 is 1.50 bits per heavy atom. The van der Waals surface area contributed by atoms with Crippen LogP contribution >= 0.6 is 7.82 Å². The van der Waals surface area contributed by atoms with Crippen molar-refractivity contribution in [3.63, 3.8) is 0 Å². The van der Waals surface area contributed by atoms with E-state index >= 15 is 0 Å². The van der Waals surface area contributed by atoms with Crippen LogP contribution in [0.25, 0.3) is 0 Å². The summed E-state index contributed by atoms with van der Waals surface area (Å²) in [5.41, 5.74) is 0. The van der Waals surface area contributed by atoms with Gasteiger partial charge in [0.15, 0.2) is 6.29 Å². The average Bonchev–Trinajstić information content (AvgIpc) is 2.30. The third-order valence-corrected chi connectivity index (χ3v) is 1.78. The van der Waals surface area contributed by atoms with Crippen LogP contribution in [0.15, 0.2) is 0 Å². The van der Waals surface area contributed by atoms with Crippen molar-refractivity contribution in [3.05, 3.63) is 0 Å². The minimum atomic E-state index is -4.87. The van der Waals surface area contributed by atoms with E-state index in [4.69, 9.17) is 9.47 Å². The molecule has 2 unspecified atom stereocenters. The van der Waals surface area contributed by atoms with Gasteiger partial charge in [-0.05, 0) is 6.92 Å². The fourth-order valence-electron chi connectivity index (χ4n) is 0.854. The van der Waals surface area contributed by atoms with Crippen LogP contribution in [-0.4, -0.2) is 25.6 Å². The number of ether oxygens (including phenoxy) is 2. The monoisotopic (exact) mass is 274 g/mol. The van der Waals surface area contributed by atoms with Crippen LogP contribution in [0.1, 0.15) is 6.92 Å². The Morgan fingerprint density at radius 3 is 2.43 bits per heavy atom. The van der Waals surface area contributed by atoms with Crippen molar-refractivity contribution in [3.8, 4) is 0 Å². The van der Waals surface area contributed by atoms with Gasteiger partial charge >= 0.3 is 103 Å². The van der Waals surface area contributed by atoms with Gasteiger partial charge < -0.3 is 28.3 Å². The van der Waals surface area contributed by atoms with Gasteiger partial charge in [0.1, 0.15) is 6.10 Å². The van der Waals surface area contributed by atoms with E-state index in [-0.39, 0.29) is 122 Å². The molecule has 0 aromatic heterocycles. The zero-order chi connectivity index (χ0) is 9.19. The average molecular weight is 274 g/mol. The molecule has 9 heteroatoms. The molecule has 0 radical (unpaired) electrons. The molecule has 72 valence electrons. The molecular formula is C5H9K2O6P. The fraction of sp³-hybridized carbons (Fsp3) is 1.00. The number of rotatable bonds is 3. The molecule has 0 spiro atoms. The van der Waals surface area contributed by atoms with E-state index in [1.807, 2.05) is 0 Å². The van der Waals surface area contributed by atoms with Crippen molar-refractivity contribution in [2.75, 3.05) is 13.2 Å². The summed E-state index contributed by atoms with van der Waals surface area (Å²) in [6.45, 7) is 1.66. The molecule has 1 aliphatic heterocycles. The second kappa shape index (κ2) is 9.26. The molecule has 1 saturated heterocycles. The second-order valence-electron chi connectivity index (χ2n) is 2.40. The third-order valence-electron chi connectivity index (χ3n) is 1.32. The first kappa shape index (κ1) is 19.6. The van der Waals surface area contributed by atoms with E-state index < -0.39 is 13.9 Å². The first-order valence-electron chi connectivity index (χ1n) is 3.41. The summed E-state index contributed by atoms with van der Waals surface area (Å²) >= 11 is 0. The van der Waals surface area contributed by atoms with Crippen molar-refractivity contribution >= 4 is 7.82 Å². The predicted octanol–water partition coefficient (Wildman–Crippen LogP) is -7.40. The number of phosphoric ester groups is 1. The van der Waals surface area contributed by atoms with E-state index in [0.717, 1.165) is 0 Å². The number of phosphoric acid groups is 1. The van der Waals surface area contributed by atoms with E-state index in [0.29, 0.717) is 0 Å². The molecule has 0 aromatic carbocycles. The largest absolute Gasteiger partial charge is 1.00 e. The molecule has 1 rings (SSSR count). The third kappa shape index (κ3) is 9.34. The summed E-state index contributed by atoms with van der Waals surface area (Å²) in [6, 6.07) is 0. The molecule has 1 fully saturated rings. The Kier molecular flexibility index (Phi) is 13.0. The van der Waals surface area contributed by atoms with Gasteiger partial charge in [0.25, 0.3) is 0 Å². The molecule has 0 saturated carbocycles. The van der Waals surface area contributed by atoms with Gasteiger partial charge in [-0.25, -0.2) is 0 Å². The van der Waals surface area contributed by atoms with E-state index in [2.05, 4.69) is 4.52 Å². The van der Waals surface area contributed by atoms with Gasteiger partial charge in [0.05, 0.1) is 21.0 Å². The number of hydrogen-bond donors (Lipinski definition) is 0. The van der Waals surface area contributed by atoms with Gasteiger partial charge in [-0.3, -0.25) is 0 Å². The summed E-state index contributed by atoms with van der Waals surface area (Å²) in [4.78, 5) is 20.0. The molecule has 14 heavy (non-hydrogen) atoms. The van der Waals surface area contributed by atoms with Crippen LogP contribution in [0.4, 0.5) is 0 Å². The van der Waals surface area contributed by atoms with Gasteiger partial charge in [0, 0.05) is 0 Å². The van der Waals surface area contributed by atoms with E-state index in [9.17, 15) is 14.4 Å². The molecular weight excluding hydrogens is 265 g/mol. The summed E-state index contributed by atoms with van der Waals surface area (Å²) < 4.78 is 24.0. The molecule has 0 N–H and O–H groups in total. The summed E-state index contributed by atoms with van der Waals surface area (Å²) in [5.74, 6) is 0. The number of hydrogen-bond acceptors (Lipinski definition) is 6. The summed E-state index contributed by atoms with van der Waals surface area (Å²) in [7, 11) is -4.87. The summed E-state index contributed by atoms with van der Waals surface area (Å²) in [6.07, 6.45) is -0.826. The standard InChI is InChI=1S/C5H11O6P.2K/c1-4-9-2-5(11-4)3-10-12(6,7)8;;/h4-5H,2-3H2,1H3,(H2,6,7,8);;/q;2*+1/p-2. The molecule has 0 aliphatic carbocycles. The minimum absolute atomic E-state index is 0. The Morgan fingerprint density at radius 2 is 2.07 bits per heavy atom. The normalized spacial score (nSPS) is 26.5. The van der Waals surface area contributed by atoms with Crippen molar-refractivity contribution in [1.82, 2.24) is 0 Å². The Balaban J connectivity index is 0. The van der Waals surface area contributed by atoms with Gasteiger partial charge in [-0.2, -0.15) is 0 Å².